The van der Waals surface area contributed by atoms with E-state index in [1.807, 2.05) is 20.9 Å². The molecule has 0 saturated carbocycles. The van der Waals surface area contributed by atoms with Crippen molar-refractivity contribution in [3.63, 3.8) is 0 Å². The fourth-order valence-electron chi connectivity index (χ4n) is 2.25. The first kappa shape index (κ1) is 14.9. The number of amides is 1. The molecule has 112 valence electrons. The van der Waals surface area contributed by atoms with Crippen molar-refractivity contribution < 1.29 is 9.53 Å². The van der Waals surface area contributed by atoms with Gasteiger partial charge in [0.05, 0.1) is 24.9 Å². The van der Waals surface area contributed by atoms with E-state index in [-0.39, 0.29) is 12.3 Å². The van der Waals surface area contributed by atoms with Crippen LogP contribution in [0.3, 0.4) is 0 Å². The molecule has 0 aliphatic carbocycles. The number of hydrogen-bond acceptors (Lipinski definition) is 4. The van der Waals surface area contributed by atoms with Crippen LogP contribution in [0.25, 0.3) is 0 Å². The highest BCUT2D eigenvalue weighted by Crippen LogP contribution is 2.24. The molecule has 0 aliphatic heterocycles. The number of rotatable bonds is 4. The third kappa shape index (κ3) is 3.16. The van der Waals surface area contributed by atoms with E-state index >= 15 is 0 Å². The van der Waals surface area contributed by atoms with Crippen LogP contribution in [-0.2, 0) is 18.3 Å². The van der Waals surface area contributed by atoms with Gasteiger partial charge in [0.15, 0.2) is 0 Å². The summed E-state index contributed by atoms with van der Waals surface area (Å²) in [5.74, 6) is 0.491. The number of anilines is 2. The first-order valence-electron chi connectivity index (χ1n) is 6.64. The largest absolute Gasteiger partial charge is 0.495 e. The predicted molar refractivity (Wildman–Crippen MR) is 82.4 cm³/mol. The summed E-state index contributed by atoms with van der Waals surface area (Å²) in [6.07, 6.45) is 0.289. The minimum atomic E-state index is -0.0984. The number of hydrogen-bond donors (Lipinski definition) is 2. The van der Waals surface area contributed by atoms with Crippen molar-refractivity contribution in [3.05, 3.63) is 35.2 Å². The molecule has 0 spiro atoms. The number of carbonyl (C=O) groups is 1. The first-order chi connectivity index (χ1) is 9.92. The van der Waals surface area contributed by atoms with Crippen molar-refractivity contribution in [1.29, 1.82) is 0 Å². The summed E-state index contributed by atoms with van der Waals surface area (Å²) in [4.78, 5) is 12.1. The Morgan fingerprint density at radius 1 is 1.43 bits per heavy atom. The summed E-state index contributed by atoms with van der Waals surface area (Å²) in [5.41, 5.74) is 9.79. The lowest BCUT2D eigenvalue weighted by Crippen LogP contribution is -2.15. The molecule has 21 heavy (non-hydrogen) atoms. The molecule has 1 heterocycles. The Morgan fingerprint density at radius 2 is 2.14 bits per heavy atom. The number of nitrogens with one attached hydrogen (secondary N) is 1. The minimum absolute atomic E-state index is 0.0984. The van der Waals surface area contributed by atoms with Crippen molar-refractivity contribution in [2.24, 2.45) is 7.05 Å². The molecule has 1 aromatic carbocycles. The Hall–Kier alpha value is -2.50. The van der Waals surface area contributed by atoms with Gasteiger partial charge in [-0.25, -0.2) is 0 Å². The molecule has 1 aromatic heterocycles. The molecule has 3 N–H and O–H groups in total. The molecule has 0 bridgehead atoms. The SMILES string of the molecule is COc1ccc(NC(=O)Cc2c(C)nn(C)c2C)cc1N. The smallest absolute Gasteiger partial charge is 0.228 e. The van der Waals surface area contributed by atoms with E-state index in [1.165, 1.54) is 0 Å². The lowest BCUT2D eigenvalue weighted by molar-refractivity contribution is -0.115. The monoisotopic (exact) mass is 288 g/mol. The molecule has 0 aliphatic rings. The Morgan fingerprint density at radius 3 is 2.67 bits per heavy atom. The van der Waals surface area contributed by atoms with Gasteiger partial charge < -0.3 is 15.8 Å². The Kier molecular flexibility index (Phi) is 4.16. The van der Waals surface area contributed by atoms with E-state index in [9.17, 15) is 4.79 Å². The third-order valence-corrected chi connectivity index (χ3v) is 3.51. The van der Waals surface area contributed by atoms with Gasteiger partial charge in [0.1, 0.15) is 5.75 Å². The van der Waals surface area contributed by atoms with Crippen molar-refractivity contribution in [3.8, 4) is 5.75 Å². The highest BCUT2D eigenvalue weighted by atomic mass is 16.5. The zero-order valence-corrected chi connectivity index (χ0v) is 12.7. The average molecular weight is 288 g/mol. The van der Waals surface area contributed by atoms with Crippen molar-refractivity contribution >= 4 is 17.3 Å². The van der Waals surface area contributed by atoms with Crippen molar-refractivity contribution in [2.45, 2.75) is 20.3 Å². The second kappa shape index (κ2) is 5.87. The topological polar surface area (TPSA) is 82.2 Å². The number of aromatic nitrogens is 2. The van der Waals surface area contributed by atoms with Crippen LogP contribution in [-0.4, -0.2) is 22.8 Å². The number of ether oxygens (including phenoxy) is 1. The summed E-state index contributed by atoms with van der Waals surface area (Å²) < 4.78 is 6.87. The third-order valence-electron chi connectivity index (χ3n) is 3.51. The molecule has 6 nitrogen and oxygen atoms in total. The molecule has 0 saturated heterocycles. The van der Waals surface area contributed by atoms with Crippen molar-refractivity contribution in [2.75, 3.05) is 18.2 Å². The molecule has 1 amide bonds. The fraction of sp³-hybridized carbons (Fsp3) is 0.333. The van der Waals surface area contributed by atoms with E-state index in [0.29, 0.717) is 17.1 Å². The number of benzene rings is 1. The molecular formula is C15H20N4O2. The molecule has 0 atom stereocenters. The van der Waals surface area contributed by atoms with Gasteiger partial charge in [0.25, 0.3) is 0 Å². The van der Waals surface area contributed by atoms with Gasteiger partial charge in [0.2, 0.25) is 5.91 Å². The molecule has 2 rings (SSSR count). The molecule has 6 heteroatoms. The summed E-state index contributed by atoms with van der Waals surface area (Å²) >= 11 is 0. The first-order valence-corrected chi connectivity index (χ1v) is 6.64. The summed E-state index contributed by atoms with van der Waals surface area (Å²) in [7, 11) is 3.42. The van der Waals surface area contributed by atoms with Gasteiger partial charge in [-0.1, -0.05) is 0 Å². The van der Waals surface area contributed by atoms with Crippen LogP contribution in [0.1, 0.15) is 17.0 Å². The van der Waals surface area contributed by atoms with Crippen LogP contribution < -0.4 is 15.8 Å². The van der Waals surface area contributed by atoms with Gasteiger partial charge in [-0.3, -0.25) is 9.48 Å². The maximum atomic E-state index is 12.1. The summed E-state index contributed by atoms with van der Waals surface area (Å²) in [6.45, 7) is 3.86. The molecule has 0 unspecified atom stereocenters. The maximum Gasteiger partial charge on any atom is 0.228 e. The van der Waals surface area contributed by atoms with Crippen molar-refractivity contribution in [1.82, 2.24) is 9.78 Å². The predicted octanol–water partition coefficient (Wildman–Crippen LogP) is 1.81. The average Bonchev–Trinajstić information content (AvgIpc) is 2.65. The van der Waals surface area contributed by atoms with Crippen LogP contribution in [0.2, 0.25) is 0 Å². The minimum Gasteiger partial charge on any atom is -0.495 e. The van der Waals surface area contributed by atoms with Crippen LogP contribution in [0.4, 0.5) is 11.4 Å². The lowest BCUT2D eigenvalue weighted by Gasteiger charge is -2.09. The highest BCUT2D eigenvalue weighted by molar-refractivity contribution is 5.93. The quantitative estimate of drug-likeness (QED) is 0.841. The lowest BCUT2D eigenvalue weighted by atomic mass is 10.1. The van der Waals surface area contributed by atoms with E-state index in [2.05, 4.69) is 10.4 Å². The van der Waals surface area contributed by atoms with E-state index in [0.717, 1.165) is 17.0 Å². The summed E-state index contributed by atoms with van der Waals surface area (Å²) in [6, 6.07) is 5.17. The number of methoxy groups -OCH3 is 1. The Bertz CT molecular complexity index is 677. The normalized spacial score (nSPS) is 10.5. The number of nitrogens with zero attached hydrogens (tertiary/aromatic N) is 2. The van der Waals surface area contributed by atoms with Crippen LogP contribution in [0, 0.1) is 13.8 Å². The fourth-order valence-corrected chi connectivity index (χ4v) is 2.25. The number of carbonyl (C=O) groups excluding carboxylic acids is 1. The number of nitrogen functional groups attached to an aromatic ring is 1. The Balaban J connectivity index is 2.10. The second-order valence-corrected chi connectivity index (χ2v) is 4.95. The highest BCUT2D eigenvalue weighted by Gasteiger charge is 2.14. The van der Waals surface area contributed by atoms with Gasteiger partial charge in [-0.2, -0.15) is 5.10 Å². The Labute approximate surface area is 123 Å². The molecular weight excluding hydrogens is 268 g/mol. The van der Waals surface area contributed by atoms with Gasteiger partial charge in [-0.05, 0) is 32.0 Å². The number of aryl methyl sites for hydroxylation is 2. The number of nitrogens with two attached hydrogens (primary N) is 1. The maximum absolute atomic E-state index is 12.1. The summed E-state index contributed by atoms with van der Waals surface area (Å²) in [5, 5.41) is 7.14. The van der Waals surface area contributed by atoms with E-state index < -0.39 is 0 Å². The molecule has 2 aromatic rings. The standard InChI is InChI=1S/C15H20N4O2/c1-9-12(10(2)19(3)18-9)8-15(20)17-11-5-6-14(21-4)13(16)7-11/h5-7H,8,16H2,1-4H3,(H,17,20). The van der Waals surface area contributed by atoms with Gasteiger partial charge >= 0.3 is 0 Å². The van der Waals surface area contributed by atoms with Crippen LogP contribution >= 0.6 is 0 Å². The van der Waals surface area contributed by atoms with E-state index in [1.54, 1.807) is 30.0 Å². The molecule has 0 radical (unpaired) electrons. The zero-order valence-electron chi connectivity index (χ0n) is 12.7. The van der Waals surface area contributed by atoms with Crippen LogP contribution in [0.5, 0.6) is 5.75 Å². The van der Waals surface area contributed by atoms with Gasteiger partial charge in [-0.15, -0.1) is 0 Å². The van der Waals surface area contributed by atoms with Crippen LogP contribution in [0.15, 0.2) is 18.2 Å². The molecule has 0 fully saturated rings. The zero-order chi connectivity index (χ0) is 15.6. The van der Waals surface area contributed by atoms with Gasteiger partial charge in [0, 0.05) is 24.0 Å². The van der Waals surface area contributed by atoms with E-state index in [4.69, 9.17) is 10.5 Å². The second-order valence-electron chi connectivity index (χ2n) is 4.95.